The summed E-state index contributed by atoms with van der Waals surface area (Å²) >= 11 is 12.0. The number of hydrogen-bond donors (Lipinski definition) is 2. The van der Waals surface area contributed by atoms with Gasteiger partial charge in [0.2, 0.25) is 6.79 Å². The van der Waals surface area contributed by atoms with Gasteiger partial charge in [-0.3, -0.25) is 9.52 Å². The predicted molar refractivity (Wildman–Crippen MR) is 121 cm³/mol. The van der Waals surface area contributed by atoms with Crippen molar-refractivity contribution in [2.45, 2.75) is 4.90 Å². The zero-order valence-electron chi connectivity index (χ0n) is 16.5. The number of ether oxygens (including phenoxy) is 3. The molecule has 4 rings (SSSR count). The highest BCUT2D eigenvalue weighted by Crippen LogP contribution is 2.35. The van der Waals surface area contributed by atoms with E-state index in [2.05, 4.69) is 10.0 Å². The zero-order chi connectivity index (χ0) is 22.9. The average Bonchev–Trinajstić information content (AvgIpc) is 3.21. The lowest BCUT2D eigenvalue weighted by molar-refractivity contribution is 0.102. The predicted octanol–water partition coefficient (Wildman–Crippen LogP) is 4.78. The lowest BCUT2D eigenvalue weighted by Gasteiger charge is -2.14. The van der Waals surface area contributed by atoms with Crippen molar-refractivity contribution in [3.63, 3.8) is 0 Å². The van der Waals surface area contributed by atoms with E-state index >= 15 is 0 Å². The van der Waals surface area contributed by atoms with E-state index < -0.39 is 15.9 Å². The van der Waals surface area contributed by atoms with Crippen molar-refractivity contribution in [2.75, 3.05) is 23.9 Å². The summed E-state index contributed by atoms with van der Waals surface area (Å²) in [6.07, 6.45) is 0. The van der Waals surface area contributed by atoms with Gasteiger partial charge in [-0.1, -0.05) is 23.2 Å². The van der Waals surface area contributed by atoms with Gasteiger partial charge in [0.1, 0.15) is 5.75 Å². The Morgan fingerprint density at radius 1 is 1.00 bits per heavy atom. The molecule has 0 aliphatic carbocycles. The van der Waals surface area contributed by atoms with Crippen LogP contribution in [0.15, 0.2) is 59.5 Å². The van der Waals surface area contributed by atoms with Crippen LogP contribution in [0.1, 0.15) is 10.4 Å². The van der Waals surface area contributed by atoms with Crippen LogP contribution in [0.5, 0.6) is 17.2 Å². The van der Waals surface area contributed by atoms with Gasteiger partial charge in [-0.15, -0.1) is 0 Å². The number of halogens is 2. The summed E-state index contributed by atoms with van der Waals surface area (Å²) in [5, 5.41) is 3.16. The van der Waals surface area contributed by atoms with E-state index in [1.54, 1.807) is 12.1 Å². The Kier molecular flexibility index (Phi) is 6.05. The molecule has 1 heterocycles. The van der Waals surface area contributed by atoms with Crippen LogP contribution in [0, 0.1) is 0 Å². The minimum absolute atomic E-state index is 0.0741. The maximum atomic E-state index is 12.9. The molecule has 0 saturated heterocycles. The van der Waals surface area contributed by atoms with Gasteiger partial charge in [0.05, 0.1) is 34.0 Å². The number of nitrogens with one attached hydrogen (secondary N) is 2. The van der Waals surface area contributed by atoms with Crippen molar-refractivity contribution in [3.8, 4) is 17.2 Å². The van der Waals surface area contributed by atoms with E-state index in [1.165, 1.54) is 49.6 Å². The van der Waals surface area contributed by atoms with Gasteiger partial charge in [-0.2, -0.15) is 0 Å². The minimum Gasteiger partial charge on any atom is -0.495 e. The first kappa shape index (κ1) is 22.1. The molecule has 0 radical (unpaired) electrons. The highest BCUT2D eigenvalue weighted by Gasteiger charge is 2.21. The van der Waals surface area contributed by atoms with E-state index in [4.69, 9.17) is 37.4 Å². The van der Waals surface area contributed by atoms with E-state index in [0.717, 1.165) is 0 Å². The normalized spacial score (nSPS) is 12.3. The molecule has 8 nitrogen and oxygen atoms in total. The summed E-state index contributed by atoms with van der Waals surface area (Å²) in [4.78, 5) is 12.6. The first-order chi connectivity index (χ1) is 15.3. The quantitative estimate of drug-likeness (QED) is 0.510. The monoisotopic (exact) mass is 494 g/mol. The van der Waals surface area contributed by atoms with Gasteiger partial charge in [0, 0.05) is 11.1 Å². The molecule has 2 N–H and O–H groups in total. The number of hydrogen-bond acceptors (Lipinski definition) is 6. The van der Waals surface area contributed by atoms with Crippen LogP contribution in [-0.2, 0) is 10.0 Å². The second kappa shape index (κ2) is 8.78. The third-order valence-corrected chi connectivity index (χ3v) is 6.46. The van der Waals surface area contributed by atoms with Gasteiger partial charge >= 0.3 is 0 Å². The summed E-state index contributed by atoms with van der Waals surface area (Å²) in [6, 6.07) is 13.2. The van der Waals surface area contributed by atoms with E-state index in [-0.39, 0.29) is 33.7 Å². The number of sulfonamides is 1. The number of carbonyl (C=O) groups is 1. The van der Waals surface area contributed by atoms with Crippen LogP contribution < -0.4 is 24.2 Å². The molecule has 166 valence electrons. The molecule has 11 heteroatoms. The lowest BCUT2D eigenvalue weighted by atomic mass is 10.2. The number of fused-ring (bicyclic) bond motifs is 1. The van der Waals surface area contributed by atoms with Crippen LogP contribution in [0.25, 0.3) is 0 Å². The van der Waals surface area contributed by atoms with Crippen LogP contribution in [0.3, 0.4) is 0 Å². The molecular weight excluding hydrogens is 479 g/mol. The van der Waals surface area contributed by atoms with Gasteiger partial charge < -0.3 is 19.5 Å². The molecule has 3 aromatic rings. The Morgan fingerprint density at radius 3 is 2.53 bits per heavy atom. The molecule has 1 aliphatic rings. The van der Waals surface area contributed by atoms with Crippen molar-refractivity contribution >= 4 is 50.5 Å². The summed E-state index contributed by atoms with van der Waals surface area (Å²) in [7, 11) is -2.59. The molecule has 1 aliphatic heterocycles. The van der Waals surface area contributed by atoms with Gasteiger partial charge in [-0.25, -0.2) is 8.42 Å². The number of amides is 1. The second-order valence-corrected chi connectivity index (χ2v) is 9.14. The van der Waals surface area contributed by atoms with E-state index in [9.17, 15) is 13.2 Å². The highest BCUT2D eigenvalue weighted by atomic mass is 35.5. The van der Waals surface area contributed by atoms with Crippen LogP contribution in [-0.4, -0.2) is 28.2 Å². The Bertz CT molecular complexity index is 1310. The smallest absolute Gasteiger partial charge is 0.261 e. The standard InChI is InChI=1S/C21H16Cl2N2O6S/c1-29-18-7-4-14(10-17(18)24-21(26)15-5-2-12(22)8-16(15)23)32(27,28)25-13-3-6-19-20(9-13)31-11-30-19/h2-10,25H,11H2,1H3,(H,24,26). The molecule has 0 aromatic heterocycles. The van der Waals surface area contributed by atoms with Crippen LogP contribution in [0.4, 0.5) is 11.4 Å². The summed E-state index contributed by atoms with van der Waals surface area (Å²) in [6.45, 7) is 0.0741. The van der Waals surface area contributed by atoms with E-state index in [1.807, 2.05) is 0 Å². The fourth-order valence-electron chi connectivity index (χ4n) is 2.99. The number of benzene rings is 3. The van der Waals surface area contributed by atoms with Crippen molar-refractivity contribution < 1.29 is 27.4 Å². The molecule has 0 atom stereocenters. The third-order valence-electron chi connectivity index (χ3n) is 4.53. The molecule has 1 amide bonds. The molecule has 0 spiro atoms. The molecule has 0 bridgehead atoms. The first-order valence-corrected chi connectivity index (χ1v) is 11.4. The molecule has 0 unspecified atom stereocenters. The highest BCUT2D eigenvalue weighted by molar-refractivity contribution is 7.92. The SMILES string of the molecule is COc1ccc(S(=O)(=O)Nc2ccc3c(c2)OCO3)cc1NC(=O)c1ccc(Cl)cc1Cl. The molecular formula is C21H16Cl2N2O6S. The number of methoxy groups -OCH3 is 1. The molecule has 32 heavy (non-hydrogen) atoms. The summed E-state index contributed by atoms with van der Waals surface area (Å²) in [5.74, 6) is 0.685. The molecule has 0 fully saturated rings. The Morgan fingerprint density at radius 2 is 1.78 bits per heavy atom. The molecule has 3 aromatic carbocycles. The fourth-order valence-corrected chi connectivity index (χ4v) is 4.56. The Labute approximate surface area is 194 Å². The maximum Gasteiger partial charge on any atom is 0.261 e. The Hall–Kier alpha value is -3.14. The minimum atomic E-state index is -3.99. The fraction of sp³-hybridized carbons (Fsp3) is 0.0952. The van der Waals surface area contributed by atoms with Crippen molar-refractivity contribution in [2.24, 2.45) is 0 Å². The zero-order valence-corrected chi connectivity index (χ0v) is 18.8. The third kappa shape index (κ3) is 4.55. The first-order valence-electron chi connectivity index (χ1n) is 9.14. The van der Waals surface area contributed by atoms with Crippen molar-refractivity contribution in [1.29, 1.82) is 0 Å². The Balaban J connectivity index is 1.61. The summed E-state index contributed by atoms with van der Waals surface area (Å²) in [5.41, 5.74) is 0.616. The lowest BCUT2D eigenvalue weighted by Crippen LogP contribution is -2.16. The molecule has 0 saturated carbocycles. The largest absolute Gasteiger partial charge is 0.495 e. The van der Waals surface area contributed by atoms with Crippen molar-refractivity contribution in [1.82, 2.24) is 0 Å². The van der Waals surface area contributed by atoms with Gasteiger partial charge in [0.15, 0.2) is 11.5 Å². The number of anilines is 2. The number of carbonyl (C=O) groups excluding carboxylic acids is 1. The average molecular weight is 495 g/mol. The second-order valence-electron chi connectivity index (χ2n) is 6.61. The topological polar surface area (TPSA) is 103 Å². The van der Waals surface area contributed by atoms with E-state index in [0.29, 0.717) is 22.2 Å². The van der Waals surface area contributed by atoms with Crippen molar-refractivity contribution in [3.05, 3.63) is 70.2 Å². The van der Waals surface area contributed by atoms with Gasteiger partial charge in [-0.05, 0) is 48.5 Å². The maximum absolute atomic E-state index is 12.9. The van der Waals surface area contributed by atoms with Crippen LogP contribution >= 0.6 is 23.2 Å². The van der Waals surface area contributed by atoms with Gasteiger partial charge in [0.25, 0.3) is 15.9 Å². The number of rotatable bonds is 6. The summed E-state index contributed by atoms with van der Waals surface area (Å²) < 4.78 is 44.1. The van der Waals surface area contributed by atoms with Crippen LogP contribution in [0.2, 0.25) is 10.0 Å².